The summed E-state index contributed by atoms with van der Waals surface area (Å²) in [5.41, 5.74) is 2.22. The van der Waals surface area contributed by atoms with Crippen LogP contribution in [0, 0.1) is 5.92 Å². The first-order valence-electron chi connectivity index (χ1n) is 7.30. The maximum absolute atomic E-state index is 12.4. The molecular weight excluding hydrogens is 250 g/mol. The highest BCUT2D eigenvalue weighted by Crippen LogP contribution is 2.29. The van der Waals surface area contributed by atoms with Crippen molar-refractivity contribution in [3.05, 3.63) is 42.0 Å². The second-order valence-electron chi connectivity index (χ2n) is 5.42. The fourth-order valence-electron chi connectivity index (χ4n) is 2.52. The van der Waals surface area contributed by atoms with Crippen molar-refractivity contribution in [2.45, 2.75) is 26.9 Å². The highest BCUT2D eigenvalue weighted by atomic mass is 16.5. The fraction of sp³-hybridized carbons (Fsp3) is 0.471. The number of nitrogens with zero attached hydrogens (tertiary/aromatic N) is 1. The number of benzene rings is 1. The molecule has 0 N–H and O–H groups in total. The van der Waals surface area contributed by atoms with Crippen molar-refractivity contribution in [1.82, 2.24) is 4.90 Å². The van der Waals surface area contributed by atoms with E-state index in [2.05, 4.69) is 30.0 Å². The number of rotatable bonds is 4. The highest BCUT2D eigenvalue weighted by Gasteiger charge is 2.30. The average Bonchev–Trinajstić information content (AvgIpc) is 2.46. The van der Waals surface area contributed by atoms with Crippen molar-refractivity contribution in [2.75, 3.05) is 19.6 Å². The maximum atomic E-state index is 12.4. The molecule has 0 saturated heterocycles. The first-order valence-corrected chi connectivity index (χ1v) is 7.30. The molecule has 0 saturated carbocycles. The number of hydrogen-bond acceptors (Lipinski definition) is 3. The summed E-state index contributed by atoms with van der Waals surface area (Å²) in [6, 6.07) is 10.1. The Balaban J connectivity index is 2.26. The van der Waals surface area contributed by atoms with Crippen LogP contribution in [-0.4, -0.2) is 36.6 Å². The van der Waals surface area contributed by atoms with Gasteiger partial charge in [-0.25, -0.2) is 0 Å². The summed E-state index contributed by atoms with van der Waals surface area (Å²) in [6.07, 6.45) is 2.09. The Kier molecular flexibility index (Phi) is 4.96. The SMILES string of the molecule is CCN1CC=C(c2ccccc2)[C@@H](C(=O)OC(C)C)C1. The number of carbonyl (C=O) groups excluding carboxylic acids is 1. The topological polar surface area (TPSA) is 29.5 Å². The molecule has 3 nitrogen and oxygen atoms in total. The molecule has 0 aliphatic carbocycles. The van der Waals surface area contributed by atoms with E-state index in [4.69, 9.17) is 4.74 Å². The van der Waals surface area contributed by atoms with Crippen molar-refractivity contribution in [1.29, 1.82) is 0 Å². The summed E-state index contributed by atoms with van der Waals surface area (Å²) >= 11 is 0. The van der Waals surface area contributed by atoms with Gasteiger partial charge in [-0.05, 0) is 31.5 Å². The lowest BCUT2D eigenvalue weighted by Crippen LogP contribution is -2.39. The van der Waals surface area contributed by atoms with Crippen LogP contribution in [0.5, 0.6) is 0 Å². The van der Waals surface area contributed by atoms with Gasteiger partial charge in [0, 0.05) is 13.1 Å². The predicted molar refractivity (Wildman–Crippen MR) is 81.3 cm³/mol. The molecule has 108 valence electrons. The Morgan fingerprint density at radius 3 is 2.65 bits per heavy atom. The second-order valence-corrected chi connectivity index (χ2v) is 5.42. The summed E-state index contributed by atoms with van der Waals surface area (Å²) in [5, 5.41) is 0. The first kappa shape index (κ1) is 14.8. The van der Waals surface area contributed by atoms with Gasteiger partial charge in [0.1, 0.15) is 0 Å². The van der Waals surface area contributed by atoms with Gasteiger partial charge in [0.05, 0.1) is 12.0 Å². The van der Waals surface area contributed by atoms with Gasteiger partial charge >= 0.3 is 5.97 Å². The van der Waals surface area contributed by atoms with E-state index >= 15 is 0 Å². The molecule has 1 aromatic carbocycles. The Morgan fingerprint density at radius 1 is 1.35 bits per heavy atom. The van der Waals surface area contributed by atoms with Crippen LogP contribution in [0.4, 0.5) is 0 Å². The van der Waals surface area contributed by atoms with E-state index < -0.39 is 0 Å². The van der Waals surface area contributed by atoms with Crippen molar-refractivity contribution in [2.24, 2.45) is 5.92 Å². The molecule has 0 fully saturated rings. The molecule has 0 spiro atoms. The minimum Gasteiger partial charge on any atom is -0.462 e. The molecule has 20 heavy (non-hydrogen) atoms. The normalized spacial score (nSPS) is 19.8. The van der Waals surface area contributed by atoms with Crippen LogP contribution < -0.4 is 0 Å². The van der Waals surface area contributed by atoms with Crippen LogP contribution in [0.25, 0.3) is 5.57 Å². The molecule has 1 heterocycles. The minimum absolute atomic E-state index is 0.0727. The van der Waals surface area contributed by atoms with Crippen molar-refractivity contribution in [3.63, 3.8) is 0 Å². The Labute approximate surface area is 121 Å². The summed E-state index contributed by atoms with van der Waals surface area (Å²) in [6.45, 7) is 8.49. The molecule has 1 atom stereocenters. The molecule has 2 rings (SSSR count). The Bertz CT molecular complexity index is 479. The van der Waals surface area contributed by atoms with Gasteiger partial charge in [-0.1, -0.05) is 43.3 Å². The minimum atomic E-state index is -0.187. The van der Waals surface area contributed by atoms with Crippen LogP contribution in [0.3, 0.4) is 0 Å². The van der Waals surface area contributed by atoms with E-state index in [1.165, 1.54) is 0 Å². The zero-order valence-electron chi connectivity index (χ0n) is 12.5. The van der Waals surface area contributed by atoms with Gasteiger partial charge in [0.15, 0.2) is 0 Å². The maximum Gasteiger partial charge on any atom is 0.314 e. The smallest absolute Gasteiger partial charge is 0.314 e. The quantitative estimate of drug-likeness (QED) is 0.790. The summed E-state index contributed by atoms with van der Waals surface area (Å²) in [5.74, 6) is -0.304. The molecule has 3 heteroatoms. The predicted octanol–water partition coefficient (Wildman–Crippen LogP) is 2.97. The van der Waals surface area contributed by atoms with E-state index in [9.17, 15) is 4.79 Å². The summed E-state index contributed by atoms with van der Waals surface area (Å²) in [7, 11) is 0. The molecule has 0 bridgehead atoms. The van der Waals surface area contributed by atoms with Crippen molar-refractivity contribution in [3.8, 4) is 0 Å². The van der Waals surface area contributed by atoms with Crippen molar-refractivity contribution < 1.29 is 9.53 Å². The standard InChI is InChI=1S/C17H23NO2/c1-4-18-11-10-15(14-8-6-5-7-9-14)16(12-18)17(19)20-13(2)3/h5-10,13,16H,4,11-12H2,1-3H3/t16-/m0/s1. The van der Waals surface area contributed by atoms with Gasteiger partial charge in [-0.3, -0.25) is 9.69 Å². The van der Waals surface area contributed by atoms with Crippen LogP contribution in [0.1, 0.15) is 26.3 Å². The summed E-state index contributed by atoms with van der Waals surface area (Å²) in [4.78, 5) is 14.6. The van der Waals surface area contributed by atoms with E-state index in [-0.39, 0.29) is 18.0 Å². The number of esters is 1. The largest absolute Gasteiger partial charge is 0.462 e. The van der Waals surface area contributed by atoms with Crippen LogP contribution in [0.15, 0.2) is 36.4 Å². The third-order valence-corrected chi connectivity index (χ3v) is 3.58. The summed E-state index contributed by atoms with van der Waals surface area (Å²) < 4.78 is 5.43. The molecule has 1 aliphatic rings. The molecule has 0 amide bonds. The van der Waals surface area contributed by atoms with Crippen molar-refractivity contribution >= 4 is 11.5 Å². The lowest BCUT2D eigenvalue weighted by molar-refractivity contribution is -0.150. The van der Waals surface area contributed by atoms with E-state index in [0.717, 1.165) is 30.8 Å². The van der Waals surface area contributed by atoms with Crippen LogP contribution in [-0.2, 0) is 9.53 Å². The lowest BCUT2D eigenvalue weighted by atomic mass is 9.89. The zero-order valence-corrected chi connectivity index (χ0v) is 12.5. The highest BCUT2D eigenvalue weighted by molar-refractivity contribution is 5.89. The van der Waals surface area contributed by atoms with Gasteiger partial charge in [-0.2, -0.15) is 0 Å². The van der Waals surface area contributed by atoms with Crippen LogP contribution >= 0.6 is 0 Å². The molecule has 0 radical (unpaired) electrons. The Hall–Kier alpha value is -1.61. The molecule has 1 aromatic rings. The van der Waals surface area contributed by atoms with Crippen LogP contribution in [0.2, 0.25) is 0 Å². The third-order valence-electron chi connectivity index (χ3n) is 3.58. The molecule has 0 unspecified atom stereocenters. The monoisotopic (exact) mass is 273 g/mol. The first-order chi connectivity index (χ1) is 9.61. The number of likely N-dealkylation sites (N-methyl/N-ethyl adjacent to an activating group) is 1. The second kappa shape index (κ2) is 6.71. The van der Waals surface area contributed by atoms with E-state index in [1.54, 1.807) is 0 Å². The van der Waals surface area contributed by atoms with Gasteiger partial charge in [-0.15, -0.1) is 0 Å². The van der Waals surface area contributed by atoms with Gasteiger partial charge in [0.25, 0.3) is 0 Å². The third kappa shape index (κ3) is 3.48. The van der Waals surface area contributed by atoms with E-state index in [0.29, 0.717) is 0 Å². The molecular formula is C17H23NO2. The van der Waals surface area contributed by atoms with E-state index in [1.807, 2.05) is 32.0 Å². The lowest BCUT2D eigenvalue weighted by Gasteiger charge is -2.31. The van der Waals surface area contributed by atoms with Gasteiger partial charge < -0.3 is 4.74 Å². The molecule has 1 aliphatic heterocycles. The fourth-order valence-corrected chi connectivity index (χ4v) is 2.52. The Morgan fingerprint density at radius 2 is 2.05 bits per heavy atom. The zero-order chi connectivity index (χ0) is 14.5. The number of ether oxygens (including phenoxy) is 1. The average molecular weight is 273 g/mol. The van der Waals surface area contributed by atoms with Gasteiger partial charge in [0.2, 0.25) is 0 Å². The number of carbonyl (C=O) groups is 1. The molecule has 0 aromatic heterocycles. The number of hydrogen-bond donors (Lipinski definition) is 0.